The van der Waals surface area contributed by atoms with E-state index in [0.717, 1.165) is 29.3 Å². The van der Waals surface area contributed by atoms with Crippen LogP contribution in [0.4, 0.5) is 11.4 Å². The Morgan fingerprint density at radius 1 is 0.970 bits per heavy atom. The standard InChI is InChI=1S/C23H20Cl2N4O2S2/c24-15-3-8-18(19(25)14-15)21(30)27-23(32)26-16-4-6-17(7-5-16)28-9-11-29(12-10-28)22(31)20-2-1-13-33-20/h1-8,13-14H,9-12H2,(H2,26,27,30,32). The van der Waals surface area contributed by atoms with Crippen molar-refractivity contribution in [3.63, 3.8) is 0 Å². The number of carbonyl (C=O) groups is 2. The van der Waals surface area contributed by atoms with Gasteiger partial charge in [0.2, 0.25) is 0 Å². The number of halogens is 2. The Bertz CT molecular complexity index is 1160. The fourth-order valence-corrected chi connectivity index (χ4v) is 4.88. The molecular weight excluding hydrogens is 499 g/mol. The topological polar surface area (TPSA) is 64.7 Å². The zero-order valence-electron chi connectivity index (χ0n) is 17.4. The molecule has 1 fully saturated rings. The van der Waals surface area contributed by atoms with E-state index in [1.807, 2.05) is 46.7 Å². The summed E-state index contributed by atoms with van der Waals surface area (Å²) in [5.74, 6) is -0.319. The van der Waals surface area contributed by atoms with Crippen LogP contribution in [0, 0.1) is 0 Å². The zero-order valence-corrected chi connectivity index (χ0v) is 20.5. The van der Waals surface area contributed by atoms with Crippen LogP contribution in [0.25, 0.3) is 0 Å². The first-order valence-electron chi connectivity index (χ1n) is 10.2. The predicted octanol–water partition coefficient (Wildman–Crippen LogP) is 5.14. The number of hydrogen-bond acceptors (Lipinski definition) is 5. The Balaban J connectivity index is 1.29. The number of nitrogens with zero attached hydrogens (tertiary/aromatic N) is 2. The van der Waals surface area contributed by atoms with Crippen LogP contribution in [0.15, 0.2) is 60.0 Å². The Labute approximate surface area is 211 Å². The number of thiocarbonyl (C=S) groups is 1. The molecular formula is C23H20Cl2N4O2S2. The van der Waals surface area contributed by atoms with Gasteiger partial charge in [-0.25, -0.2) is 0 Å². The highest BCUT2D eigenvalue weighted by Crippen LogP contribution is 2.22. The van der Waals surface area contributed by atoms with E-state index in [9.17, 15) is 9.59 Å². The van der Waals surface area contributed by atoms with Crippen molar-refractivity contribution in [3.8, 4) is 0 Å². The highest BCUT2D eigenvalue weighted by atomic mass is 35.5. The van der Waals surface area contributed by atoms with Crippen LogP contribution in [-0.2, 0) is 0 Å². The number of rotatable bonds is 4. The van der Waals surface area contributed by atoms with Crippen molar-refractivity contribution in [1.29, 1.82) is 0 Å². The van der Waals surface area contributed by atoms with Gasteiger partial charge in [0.05, 0.1) is 15.5 Å². The molecule has 2 N–H and O–H groups in total. The lowest BCUT2D eigenvalue weighted by molar-refractivity contribution is 0.0751. The first kappa shape index (κ1) is 23.5. The van der Waals surface area contributed by atoms with Crippen LogP contribution in [0.3, 0.4) is 0 Å². The minimum atomic E-state index is -0.416. The molecule has 33 heavy (non-hydrogen) atoms. The third kappa shape index (κ3) is 5.83. The molecule has 0 bridgehead atoms. The highest BCUT2D eigenvalue weighted by molar-refractivity contribution is 7.80. The molecule has 0 radical (unpaired) electrons. The van der Waals surface area contributed by atoms with Crippen molar-refractivity contribution < 1.29 is 9.59 Å². The van der Waals surface area contributed by atoms with Crippen LogP contribution < -0.4 is 15.5 Å². The summed E-state index contributed by atoms with van der Waals surface area (Å²) in [5, 5.41) is 8.41. The molecule has 0 aliphatic carbocycles. The largest absolute Gasteiger partial charge is 0.368 e. The number of hydrogen-bond donors (Lipinski definition) is 2. The molecule has 1 aliphatic heterocycles. The Morgan fingerprint density at radius 3 is 2.33 bits per heavy atom. The summed E-state index contributed by atoms with van der Waals surface area (Å²) in [6, 6.07) is 16.2. The number of anilines is 2. The molecule has 4 rings (SSSR count). The van der Waals surface area contributed by atoms with Gasteiger partial charge in [-0.3, -0.25) is 14.9 Å². The van der Waals surface area contributed by atoms with E-state index in [2.05, 4.69) is 15.5 Å². The first-order chi connectivity index (χ1) is 15.9. The molecule has 3 aromatic rings. The van der Waals surface area contributed by atoms with E-state index in [1.165, 1.54) is 17.4 Å². The van der Waals surface area contributed by atoms with Gasteiger partial charge in [-0.05, 0) is 66.1 Å². The lowest BCUT2D eigenvalue weighted by Gasteiger charge is -2.36. The van der Waals surface area contributed by atoms with Gasteiger partial charge in [-0.1, -0.05) is 29.3 Å². The number of nitrogens with one attached hydrogen (secondary N) is 2. The van der Waals surface area contributed by atoms with Crippen molar-refractivity contribution in [2.24, 2.45) is 0 Å². The molecule has 0 atom stereocenters. The summed E-state index contributed by atoms with van der Waals surface area (Å²) in [6.07, 6.45) is 0. The molecule has 0 unspecified atom stereocenters. The number of amides is 2. The average molecular weight is 519 g/mol. The number of piperazine rings is 1. The lowest BCUT2D eigenvalue weighted by Crippen LogP contribution is -2.48. The SMILES string of the molecule is O=C(NC(=S)Nc1ccc(N2CCN(C(=O)c3cccs3)CC2)cc1)c1ccc(Cl)cc1Cl. The second kappa shape index (κ2) is 10.5. The van der Waals surface area contributed by atoms with Crippen molar-refractivity contribution in [3.05, 3.63) is 80.5 Å². The summed E-state index contributed by atoms with van der Waals surface area (Å²) in [7, 11) is 0. The van der Waals surface area contributed by atoms with Gasteiger partial charge in [-0.15, -0.1) is 11.3 Å². The van der Waals surface area contributed by atoms with E-state index in [1.54, 1.807) is 12.1 Å². The Morgan fingerprint density at radius 2 is 1.70 bits per heavy atom. The average Bonchev–Trinajstić information content (AvgIpc) is 3.34. The lowest BCUT2D eigenvalue weighted by atomic mass is 10.2. The van der Waals surface area contributed by atoms with E-state index < -0.39 is 5.91 Å². The minimum absolute atomic E-state index is 0.0969. The summed E-state index contributed by atoms with van der Waals surface area (Å²) in [5.41, 5.74) is 2.10. The smallest absolute Gasteiger partial charge is 0.264 e. The van der Waals surface area contributed by atoms with Crippen molar-refractivity contribution in [1.82, 2.24) is 10.2 Å². The van der Waals surface area contributed by atoms with Crippen molar-refractivity contribution in [2.75, 3.05) is 36.4 Å². The maximum atomic E-state index is 12.5. The molecule has 2 amide bonds. The predicted molar refractivity (Wildman–Crippen MR) is 139 cm³/mol. The second-order valence-corrected chi connectivity index (χ2v) is 9.54. The molecule has 1 aliphatic rings. The second-order valence-electron chi connectivity index (χ2n) is 7.34. The number of benzene rings is 2. The molecule has 170 valence electrons. The zero-order chi connectivity index (χ0) is 23.4. The van der Waals surface area contributed by atoms with Gasteiger partial charge < -0.3 is 15.1 Å². The van der Waals surface area contributed by atoms with Crippen molar-refractivity contribution >= 4 is 75.1 Å². The summed E-state index contributed by atoms with van der Waals surface area (Å²) < 4.78 is 0. The fourth-order valence-electron chi connectivity index (χ4n) is 3.49. The van der Waals surface area contributed by atoms with Gasteiger partial charge in [0, 0.05) is 42.6 Å². The normalized spacial score (nSPS) is 13.5. The van der Waals surface area contributed by atoms with Crippen LogP contribution in [0.1, 0.15) is 20.0 Å². The molecule has 2 aromatic carbocycles. The quantitative estimate of drug-likeness (QED) is 0.468. The van der Waals surface area contributed by atoms with Gasteiger partial charge in [0.25, 0.3) is 11.8 Å². The van der Waals surface area contributed by atoms with Gasteiger partial charge in [0.15, 0.2) is 5.11 Å². The van der Waals surface area contributed by atoms with E-state index in [-0.39, 0.29) is 21.6 Å². The van der Waals surface area contributed by atoms with Gasteiger partial charge in [0.1, 0.15) is 0 Å². The fraction of sp³-hybridized carbons (Fsp3) is 0.174. The first-order valence-corrected chi connectivity index (χ1v) is 12.2. The Hall–Kier alpha value is -2.65. The van der Waals surface area contributed by atoms with Crippen LogP contribution in [0.5, 0.6) is 0 Å². The maximum Gasteiger partial charge on any atom is 0.264 e. The number of carbonyl (C=O) groups excluding carboxylic acids is 2. The van der Waals surface area contributed by atoms with E-state index in [4.69, 9.17) is 35.4 Å². The van der Waals surface area contributed by atoms with Gasteiger partial charge >= 0.3 is 0 Å². The molecule has 10 heteroatoms. The molecule has 6 nitrogen and oxygen atoms in total. The van der Waals surface area contributed by atoms with E-state index in [0.29, 0.717) is 18.1 Å². The maximum absolute atomic E-state index is 12.5. The highest BCUT2D eigenvalue weighted by Gasteiger charge is 2.22. The molecule has 0 spiro atoms. The molecule has 2 heterocycles. The van der Waals surface area contributed by atoms with E-state index >= 15 is 0 Å². The summed E-state index contributed by atoms with van der Waals surface area (Å²) in [4.78, 5) is 29.8. The van der Waals surface area contributed by atoms with Crippen LogP contribution in [-0.4, -0.2) is 48.0 Å². The Kier molecular flexibility index (Phi) is 7.49. The van der Waals surface area contributed by atoms with Crippen LogP contribution >= 0.6 is 46.8 Å². The van der Waals surface area contributed by atoms with Crippen molar-refractivity contribution in [2.45, 2.75) is 0 Å². The molecule has 0 saturated carbocycles. The molecule has 1 saturated heterocycles. The summed E-state index contributed by atoms with van der Waals surface area (Å²) >= 11 is 18.7. The monoisotopic (exact) mass is 518 g/mol. The molecule has 1 aromatic heterocycles. The van der Waals surface area contributed by atoms with Gasteiger partial charge in [-0.2, -0.15) is 0 Å². The summed E-state index contributed by atoms with van der Waals surface area (Å²) in [6.45, 7) is 2.89. The third-order valence-electron chi connectivity index (χ3n) is 5.19. The van der Waals surface area contributed by atoms with Crippen LogP contribution in [0.2, 0.25) is 10.0 Å². The number of thiophene rings is 1. The third-order valence-corrected chi connectivity index (χ3v) is 6.80. The minimum Gasteiger partial charge on any atom is -0.368 e.